The normalized spacial score (nSPS) is 22.6. The minimum Gasteiger partial charge on any atom is -0.382 e. The Morgan fingerprint density at radius 1 is 1.35 bits per heavy atom. The number of anilines is 1. The fraction of sp³-hybridized carbons (Fsp3) is 0.571. The lowest BCUT2D eigenvalue weighted by molar-refractivity contribution is -0.384. The number of nitrogens with one attached hydrogen (secondary N) is 1. The van der Waals surface area contributed by atoms with Gasteiger partial charge in [0.05, 0.1) is 4.92 Å². The maximum absolute atomic E-state index is 10.8. The highest BCUT2D eigenvalue weighted by Gasteiger charge is 2.22. The van der Waals surface area contributed by atoms with Crippen molar-refractivity contribution in [2.75, 3.05) is 11.6 Å². The van der Waals surface area contributed by atoms with Crippen molar-refractivity contribution in [1.82, 2.24) is 0 Å². The molecule has 110 valence electrons. The first-order chi connectivity index (χ1) is 9.51. The molecular weight excluding hydrogens is 296 g/mol. The van der Waals surface area contributed by atoms with Crippen LogP contribution in [-0.2, 0) is 0 Å². The number of nitro benzene ring substituents is 1. The summed E-state index contributed by atoms with van der Waals surface area (Å²) in [7, 11) is 0. The van der Waals surface area contributed by atoms with Crippen molar-refractivity contribution in [1.29, 1.82) is 0 Å². The van der Waals surface area contributed by atoms with E-state index in [0.29, 0.717) is 6.04 Å². The number of nitrogens with zero attached hydrogens (tertiary/aromatic N) is 1. The van der Waals surface area contributed by atoms with E-state index >= 15 is 0 Å². The fourth-order valence-corrected chi connectivity index (χ4v) is 3.60. The molecule has 0 aliphatic heterocycles. The Balaban J connectivity index is 2.07. The molecule has 4 nitrogen and oxygen atoms in total. The zero-order valence-electron chi connectivity index (χ0n) is 11.7. The van der Waals surface area contributed by atoms with Crippen LogP contribution in [0.2, 0.25) is 5.02 Å². The first-order valence-corrected chi connectivity index (χ1v) is 8.41. The number of benzene rings is 1. The molecule has 0 unspecified atom stereocenters. The molecule has 1 aliphatic rings. The van der Waals surface area contributed by atoms with Crippen molar-refractivity contribution in [2.45, 2.75) is 43.9 Å². The lowest BCUT2D eigenvalue weighted by Gasteiger charge is -2.29. The third-order valence-electron chi connectivity index (χ3n) is 3.86. The Morgan fingerprint density at radius 3 is 2.55 bits per heavy atom. The number of hydrogen-bond acceptors (Lipinski definition) is 4. The number of halogens is 1. The van der Waals surface area contributed by atoms with Crippen molar-refractivity contribution in [3.8, 4) is 0 Å². The van der Waals surface area contributed by atoms with Crippen LogP contribution in [0.25, 0.3) is 0 Å². The maximum atomic E-state index is 10.8. The van der Waals surface area contributed by atoms with Crippen LogP contribution in [0.5, 0.6) is 0 Å². The average molecular weight is 315 g/mol. The largest absolute Gasteiger partial charge is 0.382 e. The molecule has 1 aromatic rings. The van der Waals surface area contributed by atoms with Crippen molar-refractivity contribution in [2.24, 2.45) is 0 Å². The molecule has 1 N–H and O–H groups in total. The molecule has 20 heavy (non-hydrogen) atoms. The van der Waals surface area contributed by atoms with Gasteiger partial charge in [0.15, 0.2) is 0 Å². The summed E-state index contributed by atoms with van der Waals surface area (Å²) in [6.45, 7) is 1.87. The van der Waals surface area contributed by atoms with Gasteiger partial charge in [-0.1, -0.05) is 11.6 Å². The third-order valence-corrected chi connectivity index (χ3v) is 5.30. The van der Waals surface area contributed by atoms with E-state index in [1.165, 1.54) is 18.9 Å². The van der Waals surface area contributed by atoms with Gasteiger partial charge >= 0.3 is 0 Å². The van der Waals surface area contributed by atoms with Gasteiger partial charge in [-0.05, 0) is 50.5 Å². The number of nitro groups is 1. The Morgan fingerprint density at radius 2 is 2.00 bits per heavy atom. The van der Waals surface area contributed by atoms with Crippen LogP contribution in [0.4, 0.5) is 11.4 Å². The standard InChI is InChI=1S/C14H19ClN2O2S/c1-9-7-14(17(18)19)12(15)8-13(9)16-10-3-5-11(20-2)6-4-10/h7-8,10-11,16H,3-6H2,1-2H3. The van der Waals surface area contributed by atoms with E-state index in [1.54, 1.807) is 6.07 Å². The molecule has 0 aromatic heterocycles. The zero-order chi connectivity index (χ0) is 14.7. The molecular formula is C14H19ClN2O2S. The predicted molar refractivity (Wildman–Crippen MR) is 86.0 cm³/mol. The maximum Gasteiger partial charge on any atom is 0.288 e. The van der Waals surface area contributed by atoms with E-state index in [-0.39, 0.29) is 10.7 Å². The molecule has 6 heteroatoms. The van der Waals surface area contributed by atoms with Crippen molar-refractivity contribution >= 4 is 34.7 Å². The second kappa shape index (κ2) is 6.68. The zero-order valence-corrected chi connectivity index (χ0v) is 13.3. The molecule has 0 saturated heterocycles. The first kappa shape index (κ1) is 15.4. The topological polar surface area (TPSA) is 55.2 Å². The quantitative estimate of drug-likeness (QED) is 0.649. The van der Waals surface area contributed by atoms with Gasteiger partial charge in [0, 0.05) is 23.0 Å². The second-order valence-electron chi connectivity index (χ2n) is 5.23. The van der Waals surface area contributed by atoms with E-state index in [1.807, 2.05) is 18.7 Å². The lowest BCUT2D eigenvalue weighted by Crippen LogP contribution is -2.27. The van der Waals surface area contributed by atoms with Crippen LogP contribution in [0.1, 0.15) is 31.2 Å². The fourth-order valence-electron chi connectivity index (χ4n) is 2.62. The summed E-state index contributed by atoms with van der Waals surface area (Å²) in [5.41, 5.74) is 1.75. The van der Waals surface area contributed by atoms with E-state index in [0.717, 1.165) is 29.3 Å². The Labute approximate surface area is 128 Å². The van der Waals surface area contributed by atoms with Gasteiger partial charge in [0.25, 0.3) is 5.69 Å². The van der Waals surface area contributed by atoms with Gasteiger partial charge in [-0.2, -0.15) is 11.8 Å². The monoisotopic (exact) mass is 314 g/mol. The average Bonchev–Trinajstić information content (AvgIpc) is 2.43. The predicted octanol–water partition coefficient (Wildman–Crippen LogP) is 4.64. The SMILES string of the molecule is CSC1CCC(Nc2cc(Cl)c([N+](=O)[O-])cc2C)CC1. The Kier molecular flexibility index (Phi) is 5.16. The molecule has 0 amide bonds. The molecule has 0 heterocycles. The van der Waals surface area contributed by atoms with E-state index < -0.39 is 4.92 Å². The Bertz CT molecular complexity index is 502. The van der Waals surface area contributed by atoms with Crippen LogP contribution < -0.4 is 5.32 Å². The number of thioether (sulfide) groups is 1. The van der Waals surface area contributed by atoms with Crippen LogP contribution in [0.15, 0.2) is 12.1 Å². The van der Waals surface area contributed by atoms with E-state index in [9.17, 15) is 10.1 Å². The van der Waals surface area contributed by atoms with E-state index in [2.05, 4.69) is 11.6 Å². The summed E-state index contributed by atoms with van der Waals surface area (Å²) >= 11 is 7.92. The van der Waals surface area contributed by atoms with Gasteiger partial charge in [-0.15, -0.1) is 0 Å². The van der Waals surface area contributed by atoms with Gasteiger partial charge in [-0.3, -0.25) is 10.1 Å². The second-order valence-corrected chi connectivity index (χ2v) is 6.77. The molecule has 0 radical (unpaired) electrons. The van der Waals surface area contributed by atoms with Crippen molar-refractivity contribution < 1.29 is 4.92 Å². The summed E-state index contributed by atoms with van der Waals surface area (Å²) in [6.07, 6.45) is 6.88. The first-order valence-electron chi connectivity index (χ1n) is 6.75. The summed E-state index contributed by atoms with van der Waals surface area (Å²) in [4.78, 5) is 10.4. The molecule has 2 rings (SSSR count). The summed E-state index contributed by atoms with van der Waals surface area (Å²) < 4.78 is 0. The molecule has 1 aliphatic carbocycles. The van der Waals surface area contributed by atoms with E-state index in [4.69, 9.17) is 11.6 Å². The van der Waals surface area contributed by atoms with Gasteiger partial charge in [0.2, 0.25) is 0 Å². The Hall–Kier alpha value is -0.940. The minimum atomic E-state index is -0.442. The molecule has 0 bridgehead atoms. The van der Waals surface area contributed by atoms with Gasteiger partial charge in [-0.25, -0.2) is 0 Å². The van der Waals surface area contributed by atoms with Crippen LogP contribution in [0, 0.1) is 17.0 Å². The third kappa shape index (κ3) is 3.58. The highest BCUT2D eigenvalue weighted by molar-refractivity contribution is 7.99. The smallest absolute Gasteiger partial charge is 0.288 e. The van der Waals surface area contributed by atoms with Crippen molar-refractivity contribution in [3.05, 3.63) is 32.8 Å². The molecule has 1 fully saturated rings. The van der Waals surface area contributed by atoms with Gasteiger partial charge in [0.1, 0.15) is 5.02 Å². The summed E-state index contributed by atoms with van der Waals surface area (Å²) in [6, 6.07) is 3.66. The highest BCUT2D eigenvalue weighted by atomic mass is 35.5. The summed E-state index contributed by atoms with van der Waals surface area (Å²) in [5, 5.41) is 15.3. The minimum absolute atomic E-state index is 0.0270. The molecule has 1 aromatic carbocycles. The molecule has 1 saturated carbocycles. The molecule has 0 atom stereocenters. The van der Waals surface area contributed by atoms with Gasteiger partial charge < -0.3 is 5.32 Å². The highest BCUT2D eigenvalue weighted by Crippen LogP contribution is 2.33. The number of rotatable bonds is 4. The van der Waals surface area contributed by atoms with Crippen LogP contribution >= 0.6 is 23.4 Å². The lowest BCUT2D eigenvalue weighted by atomic mass is 9.94. The number of hydrogen-bond donors (Lipinski definition) is 1. The van der Waals surface area contributed by atoms with Crippen molar-refractivity contribution in [3.63, 3.8) is 0 Å². The van der Waals surface area contributed by atoms with Crippen LogP contribution in [-0.4, -0.2) is 22.5 Å². The number of aryl methyl sites for hydroxylation is 1. The molecule has 0 spiro atoms. The van der Waals surface area contributed by atoms with Crippen LogP contribution in [0.3, 0.4) is 0 Å². The summed E-state index contributed by atoms with van der Waals surface area (Å²) in [5.74, 6) is 0.